The smallest absolute Gasteiger partial charge is 0.410 e. The van der Waals surface area contributed by atoms with Crippen LogP contribution in [0.1, 0.15) is 53.4 Å². The van der Waals surface area contributed by atoms with E-state index in [-0.39, 0.29) is 12.1 Å². The number of hydrogen-bond donors (Lipinski definition) is 1. The highest BCUT2D eigenvalue weighted by atomic mass is 16.6. The fourth-order valence-corrected chi connectivity index (χ4v) is 3.02. The van der Waals surface area contributed by atoms with Gasteiger partial charge in [0.15, 0.2) is 0 Å². The van der Waals surface area contributed by atoms with Gasteiger partial charge >= 0.3 is 6.09 Å². The van der Waals surface area contributed by atoms with E-state index < -0.39 is 5.60 Å². The molecule has 0 radical (unpaired) electrons. The minimum Gasteiger partial charge on any atom is -0.444 e. The van der Waals surface area contributed by atoms with E-state index in [1.54, 1.807) is 0 Å². The summed E-state index contributed by atoms with van der Waals surface area (Å²) >= 11 is 0. The van der Waals surface area contributed by atoms with Gasteiger partial charge in [-0.2, -0.15) is 0 Å². The number of nitrogens with zero attached hydrogens (tertiary/aromatic N) is 1. The van der Waals surface area contributed by atoms with Crippen LogP contribution in [0.25, 0.3) is 0 Å². The summed E-state index contributed by atoms with van der Waals surface area (Å²) in [6, 6.07) is 0.814. The topological polar surface area (TPSA) is 50.8 Å². The molecule has 0 aromatic carbocycles. The molecular weight excluding hydrogens is 268 g/mol. The molecule has 0 aromatic heterocycles. The average molecular weight is 298 g/mol. The van der Waals surface area contributed by atoms with Crippen molar-refractivity contribution >= 4 is 6.09 Å². The second-order valence-corrected chi connectivity index (χ2v) is 7.12. The van der Waals surface area contributed by atoms with Crippen molar-refractivity contribution < 1.29 is 14.3 Å². The summed E-state index contributed by atoms with van der Waals surface area (Å²) in [6.07, 6.45) is 4.57. The summed E-state index contributed by atoms with van der Waals surface area (Å²) in [6.45, 7) is 10.3. The quantitative estimate of drug-likeness (QED) is 0.847. The third-order valence-corrected chi connectivity index (χ3v) is 4.14. The third kappa shape index (κ3) is 4.85. The maximum atomic E-state index is 12.2. The second kappa shape index (κ2) is 6.97. The van der Waals surface area contributed by atoms with Crippen molar-refractivity contribution in [1.29, 1.82) is 0 Å². The lowest BCUT2D eigenvalue weighted by Gasteiger charge is -2.37. The fourth-order valence-electron chi connectivity index (χ4n) is 3.02. The first-order chi connectivity index (χ1) is 9.89. The molecule has 1 N–H and O–H groups in total. The maximum absolute atomic E-state index is 12.2. The van der Waals surface area contributed by atoms with E-state index in [0.717, 1.165) is 45.4 Å². The molecular formula is C16H30N2O3. The average Bonchev–Trinajstić information content (AvgIpc) is 2.78. The monoisotopic (exact) mass is 298 g/mol. The summed E-state index contributed by atoms with van der Waals surface area (Å²) in [5, 5.41) is 3.57. The van der Waals surface area contributed by atoms with Gasteiger partial charge in [0.25, 0.3) is 0 Å². The lowest BCUT2D eigenvalue weighted by Crippen LogP contribution is -2.50. The molecule has 2 aliphatic rings. The Morgan fingerprint density at radius 3 is 2.67 bits per heavy atom. The van der Waals surface area contributed by atoms with Crippen molar-refractivity contribution in [2.75, 3.05) is 19.7 Å². The molecule has 0 aromatic rings. The molecule has 1 unspecified atom stereocenters. The van der Waals surface area contributed by atoms with E-state index in [2.05, 4.69) is 5.32 Å². The van der Waals surface area contributed by atoms with Crippen LogP contribution in [0.15, 0.2) is 0 Å². The number of hydrogen-bond acceptors (Lipinski definition) is 4. The Bertz CT molecular complexity index is 348. The largest absolute Gasteiger partial charge is 0.444 e. The molecule has 1 saturated carbocycles. The molecule has 1 saturated heterocycles. The number of likely N-dealkylation sites (tertiary alicyclic amines) is 1. The van der Waals surface area contributed by atoms with Gasteiger partial charge < -0.3 is 19.7 Å². The molecule has 122 valence electrons. The maximum Gasteiger partial charge on any atom is 0.410 e. The zero-order valence-corrected chi connectivity index (χ0v) is 13.9. The Morgan fingerprint density at radius 2 is 2.05 bits per heavy atom. The number of carbonyl (C=O) groups excluding carboxylic acids is 1. The van der Waals surface area contributed by atoms with Crippen molar-refractivity contribution in [3.05, 3.63) is 0 Å². The van der Waals surface area contributed by atoms with Crippen molar-refractivity contribution in [3.8, 4) is 0 Å². The van der Waals surface area contributed by atoms with Gasteiger partial charge in [0, 0.05) is 31.8 Å². The minimum atomic E-state index is -0.420. The molecule has 2 fully saturated rings. The Balaban J connectivity index is 1.71. The standard InChI is InChI=1S/C16H30N2O3/c1-5-20-14-9-12(10-14)17-11-13-7-6-8-18(13)15(19)21-16(2,3)4/h12-14,17H,5-11H2,1-4H3. The third-order valence-electron chi connectivity index (χ3n) is 4.14. The highest BCUT2D eigenvalue weighted by Gasteiger charge is 2.34. The van der Waals surface area contributed by atoms with Gasteiger partial charge in [-0.1, -0.05) is 0 Å². The van der Waals surface area contributed by atoms with Crippen LogP contribution in [-0.2, 0) is 9.47 Å². The highest BCUT2D eigenvalue weighted by Crippen LogP contribution is 2.25. The number of ether oxygens (including phenoxy) is 2. The van der Waals surface area contributed by atoms with Gasteiger partial charge in [-0.3, -0.25) is 0 Å². The minimum absolute atomic E-state index is 0.174. The van der Waals surface area contributed by atoms with E-state index >= 15 is 0 Å². The summed E-state index contributed by atoms with van der Waals surface area (Å²) in [4.78, 5) is 14.1. The first kappa shape index (κ1) is 16.6. The number of carbonyl (C=O) groups is 1. The predicted octanol–water partition coefficient (Wildman–Crippen LogP) is 2.54. The Morgan fingerprint density at radius 1 is 1.33 bits per heavy atom. The summed E-state index contributed by atoms with van der Waals surface area (Å²) in [7, 11) is 0. The highest BCUT2D eigenvalue weighted by molar-refractivity contribution is 5.69. The van der Waals surface area contributed by atoms with Crippen molar-refractivity contribution in [3.63, 3.8) is 0 Å². The zero-order valence-electron chi connectivity index (χ0n) is 13.9. The summed E-state index contributed by atoms with van der Waals surface area (Å²) in [5.74, 6) is 0. The molecule has 1 aliphatic carbocycles. The van der Waals surface area contributed by atoms with Crippen LogP contribution >= 0.6 is 0 Å². The van der Waals surface area contributed by atoms with Crippen LogP contribution in [0.4, 0.5) is 4.79 Å². The number of nitrogens with one attached hydrogen (secondary N) is 1. The SMILES string of the molecule is CCOC1CC(NCC2CCCN2C(=O)OC(C)(C)C)C1. The van der Waals surface area contributed by atoms with Crippen molar-refractivity contribution in [2.45, 2.75) is 77.2 Å². The lowest BCUT2D eigenvalue weighted by molar-refractivity contribution is -0.0119. The van der Waals surface area contributed by atoms with E-state index in [1.807, 2.05) is 32.6 Å². The normalized spacial score (nSPS) is 29.3. The Kier molecular flexibility index (Phi) is 5.49. The van der Waals surface area contributed by atoms with Crippen LogP contribution in [0.2, 0.25) is 0 Å². The van der Waals surface area contributed by atoms with Crippen LogP contribution in [0.5, 0.6) is 0 Å². The van der Waals surface area contributed by atoms with Gasteiger partial charge in [-0.05, 0) is 53.4 Å². The lowest BCUT2D eigenvalue weighted by atomic mass is 9.89. The predicted molar refractivity (Wildman–Crippen MR) is 82.4 cm³/mol. The molecule has 2 rings (SSSR count). The van der Waals surface area contributed by atoms with Crippen LogP contribution < -0.4 is 5.32 Å². The van der Waals surface area contributed by atoms with Gasteiger partial charge in [0.2, 0.25) is 0 Å². The zero-order chi connectivity index (χ0) is 15.5. The van der Waals surface area contributed by atoms with Crippen LogP contribution in [0, 0.1) is 0 Å². The molecule has 0 bridgehead atoms. The molecule has 5 heteroatoms. The van der Waals surface area contributed by atoms with Gasteiger partial charge in [0.05, 0.1) is 6.10 Å². The Labute approximate surface area is 128 Å². The first-order valence-electron chi connectivity index (χ1n) is 8.23. The summed E-state index contributed by atoms with van der Waals surface area (Å²) in [5.41, 5.74) is -0.420. The number of rotatable bonds is 5. The van der Waals surface area contributed by atoms with Crippen LogP contribution in [0.3, 0.4) is 0 Å². The number of amides is 1. The first-order valence-corrected chi connectivity index (χ1v) is 8.23. The van der Waals surface area contributed by atoms with E-state index in [1.165, 1.54) is 0 Å². The fraction of sp³-hybridized carbons (Fsp3) is 0.938. The molecule has 0 spiro atoms. The molecule has 1 heterocycles. The second-order valence-electron chi connectivity index (χ2n) is 7.12. The Hall–Kier alpha value is -0.810. The van der Waals surface area contributed by atoms with Crippen molar-refractivity contribution in [1.82, 2.24) is 10.2 Å². The van der Waals surface area contributed by atoms with Crippen molar-refractivity contribution in [2.24, 2.45) is 0 Å². The summed E-state index contributed by atoms with van der Waals surface area (Å²) < 4.78 is 11.1. The van der Waals surface area contributed by atoms with Crippen LogP contribution in [-0.4, -0.2) is 54.5 Å². The molecule has 1 atom stereocenters. The molecule has 5 nitrogen and oxygen atoms in total. The van der Waals surface area contributed by atoms with Gasteiger partial charge in [-0.15, -0.1) is 0 Å². The van der Waals surface area contributed by atoms with Gasteiger partial charge in [0.1, 0.15) is 5.60 Å². The molecule has 21 heavy (non-hydrogen) atoms. The van der Waals surface area contributed by atoms with E-state index in [0.29, 0.717) is 12.1 Å². The molecule has 1 aliphatic heterocycles. The van der Waals surface area contributed by atoms with Gasteiger partial charge in [-0.25, -0.2) is 4.79 Å². The van der Waals surface area contributed by atoms with E-state index in [9.17, 15) is 4.79 Å². The molecule has 1 amide bonds. The van der Waals surface area contributed by atoms with E-state index in [4.69, 9.17) is 9.47 Å².